The first-order chi connectivity index (χ1) is 9.85. The number of aliphatic hydroxyl groups excluding tert-OH is 1. The Bertz CT molecular complexity index is 464. The maximum Gasteiger partial charge on any atom is 0.267 e. The van der Waals surface area contributed by atoms with E-state index in [-0.39, 0.29) is 24.9 Å². The van der Waals surface area contributed by atoms with Crippen molar-refractivity contribution in [3.05, 3.63) is 4.88 Å². The van der Waals surface area contributed by atoms with Crippen molar-refractivity contribution in [3.63, 3.8) is 0 Å². The Kier molecular flexibility index (Phi) is 6.86. The van der Waals surface area contributed by atoms with Gasteiger partial charge in [0, 0.05) is 27.2 Å². The molecule has 1 aromatic rings. The summed E-state index contributed by atoms with van der Waals surface area (Å²) in [4.78, 5) is 18.2. The predicted octanol–water partition coefficient (Wildman–Crippen LogP) is 0.872. The van der Waals surface area contributed by atoms with E-state index in [0.717, 1.165) is 6.54 Å². The minimum atomic E-state index is -0.725. The maximum atomic E-state index is 12.3. The van der Waals surface area contributed by atoms with Crippen LogP contribution >= 0.6 is 11.3 Å². The number of anilines is 2. The van der Waals surface area contributed by atoms with Gasteiger partial charge in [-0.2, -0.15) is 0 Å². The number of hydrogen-bond donors (Lipinski definition) is 3. The molecule has 0 bridgehead atoms. The third-order valence-electron chi connectivity index (χ3n) is 2.70. The highest BCUT2D eigenvalue weighted by Crippen LogP contribution is 2.26. The van der Waals surface area contributed by atoms with Crippen LogP contribution in [-0.2, 0) is 4.74 Å². The van der Waals surface area contributed by atoms with Gasteiger partial charge in [-0.05, 0) is 5.92 Å². The predicted molar refractivity (Wildman–Crippen MR) is 84.7 cm³/mol. The summed E-state index contributed by atoms with van der Waals surface area (Å²) in [6.45, 7) is 5.29. The third kappa shape index (κ3) is 5.49. The second kappa shape index (κ2) is 8.16. The molecule has 0 saturated carbocycles. The van der Waals surface area contributed by atoms with Crippen LogP contribution in [0.1, 0.15) is 23.5 Å². The number of nitrogens with two attached hydrogens (primary N) is 1. The SMILES string of the molecule is COCC(O)CN(C)C(=O)c1sc(NCC(C)C)nc1N. The molecular weight excluding hydrogens is 292 g/mol. The van der Waals surface area contributed by atoms with Crippen molar-refractivity contribution in [1.82, 2.24) is 9.88 Å². The number of likely N-dealkylation sites (N-methyl/N-ethyl adjacent to an activating group) is 1. The van der Waals surface area contributed by atoms with Crippen LogP contribution in [0.25, 0.3) is 0 Å². The van der Waals surface area contributed by atoms with Gasteiger partial charge in [0.05, 0.1) is 12.7 Å². The number of aliphatic hydroxyl groups is 1. The van der Waals surface area contributed by atoms with Gasteiger partial charge in [-0.15, -0.1) is 0 Å². The van der Waals surface area contributed by atoms with Gasteiger partial charge in [0.1, 0.15) is 10.7 Å². The van der Waals surface area contributed by atoms with E-state index in [1.54, 1.807) is 7.05 Å². The summed E-state index contributed by atoms with van der Waals surface area (Å²) in [7, 11) is 3.11. The van der Waals surface area contributed by atoms with Crippen molar-refractivity contribution in [2.75, 3.05) is 44.9 Å². The van der Waals surface area contributed by atoms with E-state index < -0.39 is 6.10 Å². The summed E-state index contributed by atoms with van der Waals surface area (Å²) >= 11 is 1.23. The average molecular weight is 316 g/mol. The number of nitrogens with zero attached hydrogens (tertiary/aromatic N) is 2. The quantitative estimate of drug-likeness (QED) is 0.658. The number of carbonyl (C=O) groups is 1. The Morgan fingerprint density at radius 3 is 2.81 bits per heavy atom. The average Bonchev–Trinajstić information content (AvgIpc) is 2.77. The highest BCUT2D eigenvalue weighted by molar-refractivity contribution is 7.18. The molecule has 1 heterocycles. The van der Waals surface area contributed by atoms with Gasteiger partial charge in [-0.25, -0.2) is 4.98 Å². The van der Waals surface area contributed by atoms with Crippen molar-refractivity contribution in [1.29, 1.82) is 0 Å². The molecule has 0 fully saturated rings. The van der Waals surface area contributed by atoms with E-state index in [2.05, 4.69) is 24.1 Å². The van der Waals surface area contributed by atoms with Crippen LogP contribution in [0.3, 0.4) is 0 Å². The van der Waals surface area contributed by atoms with Gasteiger partial charge in [0.2, 0.25) is 0 Å². The molecule has 1 unspecified atom stereocenters. The molecule has 4 N–H and O–H groups in total. The second-order valence-electron chi connectivity index (χ2n) is 5.30. The zero-order valence-electron chi connectivity index (χ0n) is 12.9. The zero-order chi connectivity index (χ0) is 16.0. The Morgan fingerprint density at radius 1 is 1.57 bits per heavy atom. The molecule has 21 heavy (non-hydrogen) atoms. The maximum absolute atomic E-state index is 12.3. The lowest BCUT2D eigenvalue weighted by atomic mass is 10.2. The molecule has 0 spiro atoms. The molecule has 7 nitrogen and oxygen atoms in total. The van der Waals surface area contributed by atoms with Crippen molar-refractivity contribution in [2.24, 2.45) is 5.92 Å². The van der Waals surface area contributed by atoms with Crippen molar-refractivity contribution in [3.8, 4) is 0 Å². The highest BCUT2D eigenvalue weighted by atomic mass is 32.1. The zero-order valence-corrected chi connectivity index (χ0v) is 13.7. The first kappa shape index (κ1) is 17.7. The molecule has 0 aliphatic heterocycles. The van der Waals surface area contributed by atoms with E-state index in [1.165, 1.54) is 23.3 Å². The lowest BCUT2D eigenvalue weighted by Gasteiger charge is -2.19. The van der Waals surface area contributed by atoms with E-state index in [4.69, 9.17) is 10.5 Å². The fourth-order valence-electron chi connectivity index (χ4n) is 1.67. The molecule has 0 saturated heterocycles. The number of nitrogens with one attached hydrogen (secondary N) is 1. The number of amides is 1. The topological polar surface area (TPSA) is 101 Å². The summed E-state index contributed by atoms with van der Waals surface area (Å²) < 4.78 is 4.84. The first-order valence-electron chi connectivity index (χ1n) is 6.77. The normalized spacial score (nSPS) is 12.5. The van der Waals surface area contributed by atoms with Crippen molar-refractivity contribution >= 4 is 28.2 Å². The van der Waals surface area contributed by atoms with Crippen LogP contribution in [0.15, 0.2) is 0 Å². The minimum Gasteiger partial charge on any atom is -0.389 e. The summed E-state index contributed by atoms with van der Waals surface area (Å²) in [5.41, 5.74) is 5.80. The molecule has 1 atom stereocenters. The van der Waals surface area contributed by atoms with Crippen LogP contribution in [0, 0.1) is 5.92 Å². The van der Waals surface area contributed by atoms with Gasteiger partial charge in [-0.1, -0.05) is 25.2 Å². The number of aromatic nitrogens is 1. The molecule has 0 aliphatic rings. The second-order valence-corrected chi connectivity index (χ2v) is 6.30. The number of hydrogen-bond acceptors (Lipinski definition) is 7. The molecule has 0 aliphatic carbocycles. The number of nitrogen functional groups attached to an aromatic ring is 1. The van der Waals surface area contributed by atoms with E-state index >= 15 is 0 Å². The number of ether oxygens (including phenoxy) is 1. The molecule has 1 amide bonds. The fourth-order valence-corrected chi connectivity index (χ4v) is 2.56. The fraction of sp³-hybridized carbons (Fsp3) is 0.692. The van der Waals surface area contributed by atoms with Gasteiger partial charge >= 0.3 is 0 Å². The molecule has 0 aromatic carbocycles. The summed E-state index contributed by atoms with van der Waals surface area (Å²) in [5.74, 6) is 0.434. The standard InChI is InChI=1S/C13H24N4O3S/c1-8(2)5-15-13-16-11(14)10(21-13)12(19)17(3)6-9(18)7-20-4/h8-9,18H,5-7,14H2,1-4H3,(H,15,16). The molecular formula is C13H24N4O3S. The van der Waals surface area contributed by atoms with Crippen LogP contribution in [0.4, 0.5) is 10.9 Å². The third-order valence-corrected chi connectivity index (χ3v) is 3.72. The number of carbonyl (C=O) groups excluding carboxylic acids is 1. The Balaban J connectivity index is 2.68. The minimum absolute atomic E-state index is 0.178. The smallest absolute Gasteiger partial charge is 0.267 e. The van der Waals surface area contributed by atoms with E-state index in [1.807, 2.05) is 0 Å². The lowest BCUT2D eigenvalue weighted by Crippen LogP contribution is -2.36. The molecule has 0 radical (unpaired) electrons. The van der Waals surface area contributed by atoms with Gasteiger partial charge in [0.15, 0.2) is 5.13 Å². The first-order valence-corrected chi connectivity index (χ1v) is 7.59. The molecule has 8 heteroatoms. The van der Waals surface area contributed by atoms with Crippen LogP contribution in [0.5, 0.6) is 0 Å². The lowest BCUT2D eigenvalue weighted by molar-refractivity contribution is 0.0382. The molecule has 1 aromatic heterocycles. The monoisotopic (exact) mass is 316 g/mol. The Morgan fingerprint density at radius 2 is 2.24 bits per heavy atom. The Labute approximate surface area is 129 Å². The van der Waals surface area contributed by atoms with Gasteiger partial charge < -0.3 is 25.8 Å². The van der Waals surface area contributed by atoms with Crippen molar-refractivity contribution in [2.45, 2.75) is 20.0 Å². The van der Waals surface area contributed by atoms with Crippen LogP contribution in [-0.4, -0.2) is 60.9 Å². The molecule has 1 rings (SSSR count). The highest BCUT2D eigenvalue weighted by Gasteiger charge is 2.21. The largest absolute Gasteiger partial charge is 0.389 e. The number of methoxy groups -OCH3 is 1. The Hall–Kier alpha value is -1.38. The number of thiazole rings is 1. The van der Waals surface area contributed by atoms with Gasteiger partial charge in [-0.3, -0.25) is 4.79 Å². The van der Waals surface area contributed by atoms with Crippen LogP contribution < -0.4 is 11.1 Å². The van der Waals surface area contributed by atoms with E-state index in [9.17, 15) is 9.90 Å². The van der Waals surface area contributed by atoms with Gasteiger partial charge in [0.25, 0.3) is 5.91 Å². The summed E-state index contributed by atoms with van der Waals surface area (Å²) in [6, 6.07) is 0. The summed E-state index contributed by atoms with van der Waals surface area (Å²) in [6.07, 6.45) is -0.725. The van der Waals surface area contributed by atoms with E-state index in [0.29, 0.717) is 15.9 Å². The number of rotatable bonds is 8. The molecule has 120 valence electrons. The summed E-state index contributed by atoms with van der Waals surface area (Å²) in [5, 5.41) is 13.4. The van der Waals surface area contributed by atoms with Crippen LogP contribution in [0.2, 0.25) is 0 Å². The van der Waals surface area contributed by atoms with Crippen molar-refractivity contribution < 1.29 is 14.6 Å².